The van der Waals surface area contributed by atoms with Crippen LogP contribution in [0.5, 0.6) is 0 Å². The van der Waals surface area contributed by atoms with E-state index in [0.29, 0.717) is 5.52 Å². The summed E-state index contributed by atoms with van der Waals surface area (Å²) < 4.78 is 16.2. The van der Waals surface area contributed by atoms with E-state index in [1.54, 1.807) is 17.7 Å². The Labute approximate surface area is 103 Å². The molecule has 5 heteroatoms. The van der Waals surface area contributed by atoms with E-state index >= 15 is 0 Å². The average molecular weight is 252 g/mol. The van der Waals surface area contributed by atoms with E-state index in [2.05, 4.69) is 0 Å². The molecule has 0 fully saturated rings. The molecule has 0 radical (unpaired) electrons. The summed E-state index contributed by atoms with van der Waals surface area (Å²) in [5, 5.41) is 1.89. The molecule has 0 amide bonds. The highest BCUT2D eigenvalue weighted by Crippen LogP contribution is 2.18. The van der Waals surface area contributed by atoms with Gasteiger partial charge in [-0.3, -0.25) is 9.13 Å². The zero-order valence-electron chi connectivity index (χ0n) is 9.90. The van der Waals surface area contributed by atoms with E-state index in [-0.39, 0.29) is 11.5 Å². The minimum Gasteiger partial charge on any atom is -0.295 e. The largest absolute Gasteiger partial charge is 0.333 e. The molecule has 0 aliphatic carbocycles. The highest BCUT2D eigenvalue weighted by molar-refractivity contribution is 8.01. The number of nitrogens with zero attached hydrogens (tertiary/aromatic N) is 2. The summed E-state index contributed by atoms with van der Waals surface area (Å²) in [7, 11) is 1.65. The number of benzene rings is 1. The van der Waals surface area contributed by atoms with Crippen molar-refractivity contribution in [2.45, 2.75) is 6.92 Å². The van der Waals surface area contributed by atoms with Crippen molar-refractivity contribution in [3.05, 3.63) is 39.9 Å². The van der Waals surface area contributed by atoms with Gasteiger partial charge in [-0.1, -0.05) is 0 Å². The third kappa shape index (κ3) is 1.91. The van der Waals surface area contributed by atoms with E-state index in [4.69, 9.17) is 0 Å². The molecule has 17 heavy (non-hydrogen) atoms. The van der Waals surface area contributed by atoms with Crippen LogP contribution in [0.2, 0.25) is 0 Å². The second-order valence-corrected chi connectivity index (χ2v) is 4.51. The number of hydrogen-bond acceptors (Lipinski definition) is 2. The summed E-state index contributed by atoms with van der Waals surface area (Å²) in [6.07, 6.45) is 1.93. The van der Waals surface area contributed by atoms with Crippen molar-refractivity contribution in [1.82, 2.24) is 9.13 Å². The van der Waals surface area contributed by atoms with Crippen LogP contribution in [0.3, 0.4) is 0 Å². The Morgan fingerprint density at radius 2 is 2.12 bits per heavy atom. The van der Waals surface area contributed by atoms with E-state index in [1.807, 2.05) is 18.6 Å². The average Bonchev–Trinajstić information content (AvgIpc) is 2.53. The lowest BCUT2D eigenvalue weighted by Gasteiger charge is -2.02. The fourth-order valence-corrected chi connectivity index (χ4v) is 2.32. The molecule has 1 aromatic carbocycles. The van der Waals surface area contributed by atoms with Crippen molar-refractivity contribution in [2.75, 3.05) is 6.26 Å². The number of imidazole rings is 1. The Hall–Kier alpha value is -1.49. The molecule has 0 atom stereocenters. The Morgan fingerprint density at radius 1 is 1.41 bits per heavy atom. The molecule has 0 spiro atoms. The maximum atomic E-state index is 13.2. The molecule has 0 N–H and O–H groups in total. The molecule has 1 heterocycles. The lowest BCUT2D eigenvalue weighted by molar-refractivity contribution is 0.628. The summed E-state index contributed by atoms with van der Waals surface area (Å²) in [6, 6.07) is 4.37. The molecule has 2 rings (SSSR count). The highest BCUT2D eigenvalue weighted by atomic mass is 32.2. The Bertz CT molecular complexity index is 654. The van der Waals surface area contributed by atoms with Crippen molar-refractivity contribution in [1.29, 1.82) is 0 Å². The van der Waals surface area contributed by atoms with Crippen LogP contribution >= 0.6 is 11.8 Å². The summed E-state index contributed by atoms with van der Waals surface area (Å²) in [5.74, 6) is -0.336. The first-order chi connectivity index (χ1) is 8.06. The third-order valence-corrected chi connectivity index (χ3v) is 3.24. The number of rotatable bonds is 2. The molecule has 3 nitrogen and oxygen atoms in total. The number of thioether (sulfide) groups is 1. The molecule has 0 saturated heterocycles. The Kier molecular flexibility index (Phi) is 3.11. The van der Waals surface area contributed by atoms with Crippen LogP contribution in [0, 0.1) is 5.82 Å². The van der Waals surface area contributed by atoms with Crippen LogP contribution < -0.4 is 5.69 Å². The van der Waals surface area contributed by atoms with Gasteiger partial charge in [-0.15, -0.1) is 11.8 Å². The monoisotopic (exact) mass is 252 g/mol. The van der Waals surface area contributed by atoms with Gasteiger partial charge in [0.05, 0.1) is 11.0 Å². The van der Waals surface area contributed by atoms with Crippen LogP contribution in [0.25, 0.3) is 16.7 Å². The van der Waals surface area contributed by atoms with Gasteiger partial charge in [0.15, 0.2) is 0 Å². The maximum Gasteiger partial charge on any atom is 0.333 e. The number of hydrogen-bond donors (Lipinski definition) is 0. The fourth-order valence-electron chi connectivity index (χ4n) is 1.87. The normalized spacial score (nSPS) is 12.4. The van der Waals surface area contributed by atoms with Gasteiger partial charge >= 0.3 is 5.69 Å². The van der Waals surface area contributed by atoms with Crippen molar-refractivity contribution in [2.24, 2.45) is 7.05 Å². The summed E-state index contributed by atoms with van der Waals surface area (Å²) in [4.78, 5) is 12.1. The quantitative estimate of drug-likeness (QED) is 0.821. The predicted octanol–water partition coefficient (Wildman–Crippen LogP) is 2.66. The molecule has 2 aromatic rings. The molecule has 1 aromatic heterocycles. The minimum atomic E-state index is -0.336. The summed E-state index contributed by atoms with van der Waals surface area (Å²) in [6.45, 7) is 1.86. The van der Waals surface area contributed by atoms with Gasteiger partial charge < -0.3 is 0 Å². The lowest BCUT2D eigenvalue weighted by atomic mass is 10.3. The molecule has 90 valence electrons. The summed E-state index contributed by atoms with van der Waals surface area (Å²) >= 11 is 1.53. The van der Waals surface area contributed by atoms with Crippen molar-refractivity contribution in [3.8, 4) is 0 Å². The molecule has 0 unspecified atom stereocenters. The van der Waals surface area contributed by atoms with Crippen LogP contribution in [0.4, 0.5) is 4.39 Å². The van der Waals surface area contributed by atoms with Gasteiger partial charge in [-0.25, -0.2) is 9.18 Å². The first-order valence-corrected chi connectivity index (χ1v) is 6.42. The fraction of sp³-hybridized carbons (Fsp3) is 0.250. The molecule has 0 aliphatic rings. The van der Waals surface area contributed by atoms with Crippen molar-refractivity contribution in [3.63, 3.8) is 0 Å². The maximum absolute atomic E-state index is 13.2. The van der Waals surface area contributed by atoms with Gasteiger partial charge in [0.25, 0.3) is 0 Å². The van der Waals surface area contributed by atoms with Crippen LogP contribution in [0.15, 0.2) is 28.4 Å². The second-order valence-electron chi connectivity index (χ2n) is 3.80. The lowest BCUT2D eigenvalue weighted by Crippen LogP contribution is -2.20. The number of aryl methyl sites for hydroxylation is 1. The van der Waals surface area contributed by atoms with Gasteiger partial charge in [0.2, 0.25) is 0 Å². The van der Waals surface area contributed by atoms with Crippen LogP contribution in [-0.2, 0) is 7.05 Å². The standard InChI is InChI=1S/C12H13FN2OS/c1-8(7-17-3)15-10-5-4-9(13)6-11(10)14(2)12(15)16/h4-7H,1-3H3/b8-7-. The molecule has 0 saturated carbocycles. The number of allylic oxidation sites excluding steroid dienone is 1. The van der Waals surface area contributed by atoms with Gasteiger partial charge in [0, 0.05) is 12.7 Å². The zero-order chi connectivity index (χ0) is 12.6. The van der Waals surface area contributed by atoms with Crippen LogP contribution in [0.1, 0.15) is 6.92 Å². The summed E-state index contributed by atoms with van der Waals surface area (Å²) in [5.41, 5.74) is 2.00. The third-order valence-electron chi connectivity index (χ3n) is 2.66. The molecular weight excluding hydrogens is 239 g/mol. The smallest absolute Gasteiger partial charge is 0.295 e. The van der Waals surface area contributed by atoms with Gasteiger partial charge in [0.1, 0.15) is 5.82 Å². The zero-order valence-corrected chi connectivity index (χ0v) is 10.7. The van der Waals surface area contributed by atoms with Crippen molar-refractivity contribution < 1.29 is 4.39 Å². The molecular formula is C12H13FN2OS. The predicted molar refractivity (Wildman–Crippen MR) is 70.6 cm³/mol. The SMILES string of the molecule is CS/C=C(/C)n1c(=O)n(C)c2cc(F)ccc21. The van der Waals surface area contributed by atoms with E-state index in [1.165, 1.54) is 28.5 Å². The van der Waals surface area contributed by atoms with E-state index in [0.717, 1.165) is 11.2 Å². The second kappa shape index (κ2) is 4.41. The Morgan fingerprint density at radius 3 is 2.76 bits per heavy atom. The minimum absolute atomic E-state index is 0.159. The first-order valence-electron chi connectivity index (χ1n) is 5.13. The van der Waals surface area contributed by atoms with Crippen molar-refractivity contribution >= 4 is 28.5 Å². The highest BCUT2D eigenvalue weighted by Gasteiger charge is 2.12. The van der Waals surface area contributed by atoms with Gasteiger partial charge in [-0.05, 0) is 36.8 Å². The van der Waals surface area contributed by atoms with E-state index < -0.39 is 0 Å². The van der Waals surface area contributed by atoms with Crippen LogP contribution in [-0.4, -0.2) is 15.4 Å². The first kappa shape index (κ1) is 12.0. The molecule has 0 bridgehead atoms. The number of fused-ring (bicyclic) bond motifs is 1. The molecule has 0 aliphatic heterocycles. The number of aromatic nitrogens is 2. The topological polar surface area (TPSA) is 26.9 Å². The Balaban J connectivity index is 2.85. The van der Waals surface area contributed by atoms with E-state index in [9.17, 15) is 9.18 Å². The number of halogens is 1. The van der Waals surface area contributed by atoms with Gasteiger partial charge in [-0.2, -0.15) is 0 Å².